The van der Waals surface area contributed by atoms with Crippen LogP contribution in [0.1, 0.15) is 30.1 Å². The Morgan fingerprint density at radius 1 is 1.00 bits per heavy atom. The molecular weight excluding hydrogens is 316 g/mol. The summed E-state index contributed by atoms with van der Waals surface area (Å²) in [4.78, 5) is 12.2. The molecule has 122 valence electrons. The van der Waals surface area contributed by atoms with Gasteiger partial charge in [-0.1, -0.05) is 43.7 Å². The van der Waals surface area contributed by atoms with Crippen LogP contribution < -0.4 is 8.92 Å². The minimum atomic E-state index is -3.73. The third-order valence-electron chi connectivity index (χ3n) is 3.03. The van der Waals surface area contributed by atoms with Crippen molar-refractivity contribution < 1.29 is 22.1 Å². The van der Waals surface area contributed by atoms with Gasteiger partial charge in [0, 0.05) is 0 Å². The Balaban J connectivity index is 2.18. The Labute approximate surface area is 136 Å². The van der Waals surface area contributed by atoms with E-state index in [9.17, 15) is 13.2 Å². The number of para-hydroxylation sites is 2. The lowest BCUT2D eigenvalue weighted by molar-refractivity contribution is 0.0733. The van der Waals surface area contributed by atoms with Gasteiger partial charge in [-0.3, -0.25) is 0 Å². The minimum absolute atomic E-state index is 0.0236. The maximum atomic E-state index is 12.2. The van der Waals surface area contributed by atoms with Crippen molar-refractivity contribution in [3.63, 3.8) is 0 Å². The Bertz CT molecular complexity index is 754. The number of hydrogen-bond acceptors (Lipinski definition) is 5. The molecule has 0 radical (unpaired) electrons. The molecule has 0 heterocycles. The molecule has 0 spiro atoms. The SMILES string of the molecule is CCCCS(=O)(=O)Oc1ccccc1C(=O)Oc1ccccc1. The highest BCUT2D eigenvalue weighted by molar-refractivity contribution is 7.87. The fourth-order valence-electron chi connectivity index (χ4n) is 1.86. The van der Waals surface area contributed by atoms with Gasteiger partial charge in [-0.2, -0.15) is 8.42 Å². The van der Waals surface area contributed by atoms with Crippen molar-refractivity contribution in [1.82, 2.24) is 0 Å². The average molecular weight is 334 g/mol. The highest BCUT2D eigenvalue weighted by Gasteiger charge is 2.19. The molecule has 0 aliphatic rings. The second-order valence-electron chi connectivity index (χ2n) is 4.90. The first-order valence-electron chi connectivity index (χ1n) is 7.30. The lowest BCUT2D eigenvalue weighted by Crippen LogP contribution is -2.17. The van der Waals surface area contributed by atoms with Crippen molar-refractivity contribution in [3.8, 4) is 11.5 Å². The molecule has 0 aliphatic carbocycles. The predicted molar refractivity (Wildman–Crippen MR) is 87.2 cm³/mol. The third-order valence-corrected chi connectivity index (χ3v) is 4.25. The first-order chi connectivity index (χ1) is 11.0. The lowest BCUT2D eigenvalue weighted by atomic mass is 10.2. The van der Waals surface area contributed by atoms with Gasteiger partial charge >= 0.3 is 16.1 Å². The molecule has 0 unspecified atom stereocenters. The summed E-state index contributed by atoms with van der Waals surface area (Å²) in [6, 6.07) is 14.7. The smallest absolute Gasteiger partial charge is 0.347 e. The van der Waals surface area contributed by atoms with Crippen LogP contribution in [0.2, 0.25) is 0 Å². The van der Waals surface area contributed by atoms with Crippen LogP contribution in [0.25, 0.3) is 0 Å². The van der Waals surface area contributed by atoms with Gasteiger partial charge in [0.25, 0.3) is 0 Å². The molecule has 0 aliphatic heterocycles. The first kappa shape index (κ1) is 17.0. The van der Waals surface area contributed by atoms with Gasteiger partial charge < -0.3 is 8.92 Å². The molecule has 0 fully saturated rings. The Kier molecular flexibility index (Phi) is 5.76. The maximum Gasteiger partial charge on any atom is 0.347 e. The topological polar surface area (TPSA) is 69.7 Å². The number of ether oxygens (including phenoxy) is 1. The Morgan fingerprint density at radius 2 is 1.65 bits per heavy atom. The molecular formula is C17H18O5S. The normalized spacial score (nSPS) is 11.0. The summed E-state index contributed by atoms with van der Waals surface area (Å²) in [6.45, 7) is 1.89. The van der Waals surface area contributed by atoms with Gasteiger partial charge in [0.05, 0.1) is 5.75 Å². The molecule has 0 aromatic heterocycles. The molecule has 0 saturated heterocycles. The van der Waals surface area contributed by atoms with Crippen molar-refractivity contribution in [2.45, 2.75) is 19.8 Å². The number of rotatable bonds is 7. The van der Waals surface area contributed by atoms with Gasteiger partial charge in [0.2, 0.25) is 0 Å². The lowest BCUT2D eigenvalue weighted by Gasteiger charge is -2.11. The molecule has 6 heteroatoms. The molecule has 0 saturated carbocycles. The first-order valence-corrected chi connectivity index (χ1v) is 8.88. The molecule has 2 aromatic rings. The fourth-order valence-corrected chi connectivity index (χ4v) is 3.00. The van der Waals surface area contributed by atoms with E-state index in [-0.39, 0.29) is 17.1 Å². The highest BCUT2D eigenvalue weighted by Crippen LogP contribution is 2.22. The Hall–Kier alpha value is -2.34. The largest absolute Gasteiger partial charge is 0.423 e. The van der Waals surface area contributed by atoms with Gasteiger partial charge in [-0.05, 0) is 30.7 Å². The van der Waals surface area contributed by atoms with E-state index in [1.807, 2.05) is 6.92 Å². The van der Waals surface area contributed by atoms with E-state index in [1.54, 1.807) is 42.5 Å². The predicted octanol–water partition coefficient (Wildman–Crippen LogP) is 3.41. The number of carbonyl (C=O) groups excluding carboxylic acids is 1. The monoisotopic (exact) mass is 334 g/mol. The second kappa shape index (κ2) is 7.78. The number of benzene rings is 2. The van der Waals surface area contributed by atoms with Crippen LogP contribution in [0.4, 0.5) is 0 Å². The number of esters is 1. The standard InChI is InChI=1S/C17H18O5S/c1-2-3-13-23(19,20)22-16-12-8-7-11-15(16)17(18)21-14-9-5-4-6-10-14/h4-12H,2-3,13H2,1H3. The Morgan fingerprint density at radius 3 is 2.35 bits per heavy atom. The van der Waals surface area contributed by atoms with Gasteiger partial charge in [-0.25, -0.2) is 4.79 Å². The number of unbranched alkanes of at least 4 members (excludes halogenated alkanes) is 1. The van der Waals surface area contributed by atoms with Crippen LogP contribution in [0, 0.1) is 0 Å². The minimum Gasteiger partial charge on any atom is -0.423 e. The van der Waals surface area contributed by atoms with E-state index in [0.29, 0.717) is 12.2 Å². The summed E-state index contributed by atoms with van der Waals surface area (Å²) in [5.74, 6) is -0.408. The fraction of sp³-hybridized carbons (Fsp3) is 0.235. The van der Waals surface area contributed by atoms with E-state index in [2.05, 4.69) is 0 Å². The molecule has 5 nitrogen and oxygen atoms in total. The molecule has 2 aromatic carbocycles. The third kappa shape index (κ3) is 5.10. The van der Waals surface area contributed by atoms with E-state index in [0.717, 1.165) is 6.42 Å². The van der Waals surface area contributed by atoms with Crippen LogP contribution in [-0.4, -0.2) is 20.1 Å². The van der Waals surface area contributed by atoms with Crippen LogP contribution in [0.5, 0.6) is 11.5 Å². The van der Waals surface area contributed by atoms with Crippen molar-refractivity contribution in [2.75, 3.05) is 5.75 Å². The summed E-state index contributed by atoms with van der Waals surface area (Å²) in [6.07, 6.45) is 1.24. The summed E-state index contributed by atoms with van der Waals surface area (Å²) in [7, 11) is -3.73. The average Bonchev–Trinajstić information content (AvgIpc) is 2.54. The van der Waals surface area contributed by atoms with Crippen molar-refractivity contribution in [3.05, 3.63) is 60.2 Å². The van der Waals surface area contributed by atoms with Crippen molar-refractivity contribution in [2.24, 2.45) is 0 Å². The molecule has 23 heavy (non-hydrogen) atoms. The van der Waals surface area contributed by atoms with Crippen LogP contribution in [-0.2, 0) is 10.1 Å². The maximum absolute atomic E-state index is 12.2. The molecule has 2 rings (SSSR count). The molecule has 0 bridgehead atoms. The zero-order valence-corrected chi connectivity index (χ0v) is 13.6. The quantitative estimate of drug-likeness (QED) is 0.441. The summed E-state index contributed by atoms with van der Waals surface area (Å²) in [5, 5.41) is 0. The van der Waals surface area contributed by atoms with E-state index in [4.69, 9.17) is 8.92 Å². The van der Waals surface area contributed by atoms with Crippen molar-refractivity contribution in [1.29, 1.82) is 0 Å². The van der Waals surface area contributed by atoms with E-state index < -0.39 is 16.1 Å². The van der Waals surface area contributed by atoms with Gasteiger partial charge in [0.15, 0.2) is 5.75 Å². The molecule has 0 atom stereocenters. The van der Waals surface area contributed by atoms with Gasteiger partial charge in [0.1, 0.15) is 11.3 Å². The van der Waals surface area contributed by atoms with E-state index >= 15 is 0 Å². The van der Waals surface area contributed by atoms with Crippen LogP contribution in [0.15, 0.2) is 54.6 Å². The summed E-state index contributed by atoms with van der Waals surface area (Å²) >= 11 is 0. The molecule has 0 N–H and O–H groups in total. The summed E-state index contributed by atoms with van der Waals surface area (Å²) < 4.78 is 34.1. The van der Waals surface area contributed by atoms with Crippen LogP contribution >= 0.6 is 0 Å². The van der Waals surface area contributed by atoms with E-state index in [1.165, 1.54) is 12.1 Å². The number of carbonyl (C=O) groups is 1. The number of hydrogen-bond donors (Lipinski definition) is 0. The molecule has 0 amide bonds. The summed E-state index contributed by atoms with van der Waals surface area (Å²) in [5.41, 5.74) is 0.0661. The zero-order valence-electron chi connectivity index (χ0n) is 12.8. The zero-order chi connectivity index (χ0) is 16.7. The highest BCUT2D eigenvalue weighted by atomic mass is 32.2. The van der Waals surface area contributed by atoms with Crippen molar-refractivity contribution >= 4 is 16.1 Å². The second-order valence-corrected chi connectivity index (χ2v) is 6.59. The van der Waals surface area contributed by atoms with Crippen LogP contribution in [0.3, 0.4) is 0 Å². The van der Waals surface area contributed by atoms with Gasteiger partial charge in [-0.15, -0.1) is 0 Å².